The van der Waals surface area contributed by atoms with Crippen molar-refractivity contribution >= 4 is 59.8 Å². The summed E-state index contributed by atoms with van der Waals surface area (Å²) in [5.74, 6) is 0. The lowest BCUT2D eigenvalue weighted by atomic mass is 9.91. The summed E-state index contributed by atoms with van der Waals surface area (Å²) in [7, 11) is 0. The fourth-order valence-corrected chi connectivity index (χ4v) is 7.20. The first-order valence-electron chi connectivity index (χ1n) is 15.2. The molecule has 1 heteroatoms. The third-order valence-electron chi connectivity index (χ3n) is 9.23. The molecule has 0 fully saturated rings. The number of benzene rings is 7. The van der Waals surface area contributed by atoms with Crippen LogP contribution in [0.5, 0.6) is 0 Å². The van der Waals surface area contributed by atoms with E-state index in [0.717, 1.165) is 12.8 Å². The first kappa shape index (κ1) is 24.2. The molecule has 0 aliphatic heterocycles. The standard InChI is InChI=1S/C42H29N/c1-2-13-32(14-3-1)43-41-20-9-8-19-38(41)40-27-31(22-24-42(40)43)29-12-10-11-28(25-29)30-21-23-37-35-17-5-4-15-33(35)34-16-6-7-18-36(34)39(37)26-30/h1-2,4-13,15-27H,3,14H2. The third kappa shape index (κ3) is 3.78. The summed E-state index contributed by atoms with van der Waals surface area (Å²) in [4.78, 5) is 0. The number of nitrogens with zero attached hydrogens (tertiary/aromatic N) is 1. The van der Waals surface area contributed by atoms with Gasteiger partial charge in [-0.15, -0.1) is 0 Å². The zero-order valence-electron chi connectivity index (χ0n) is 23.8. The Morgan fingerprint density at radius 3 is 1.60 bits per heavy atom. The van der Waals surface area contributed by atoms with Crippen LogP contribution in [0.25, 0.3) is 82.1 Å². The van der Waals surface area contributed by atoms with Gasteiger partial charge in [-0.2, -0.15) is 0 Å². The molecule has 8 aromatic rings. The normalized spacial score (nSPS) is 13.4. The highest BCUT2D eigenvalue weighted by molar-refractivity contribution is 6.25. The summed E-state index contributed by atoms with van der Waals surface area (Å²) in [6, 6.07) is 49.4. The second-order valence-electron chi connectivity index (χ2n) is 11.6. The Labute approximate surface area is 250 Å². The topological polar surface area (TPSA) is 4.93 Å². The Morgan fingerprint density at radius 2 is 0.930 bits per heavy atom. The summed E-state index contributed by atoms with van der Waals surface area (Å²) in [5.41, 5.74) is 8.87. The van der Waals surface area contributed by atoms with E-state index in [0.29, 0.717) is 0 Å². The number of hydrogen-bond donors (Lipinski definition) is 0. The van der Waals surface area contributed by atoms with Crippen LogP contribution in [0.3, 0.4) is 0 Å². The van der Waals surface area contributed by atoms with Gasteiger partial charge in [0.1, 0.15) is 0 Å². The number of para-hydroxylation sites is 1. The largest absolute Gasteiger partial charge is 0.313 e. The molecule has 1 aliphatic rings. The van der Waals surface area contributed by atoms with Crippen LogP contribution in [-0.2, 0) is 0 Å². The molecule has 1 aromatic heterocycles. The first-order chi connectivity index (χ1) is 21.3. The van der Waals surface area contributed by atoms with Crippen LogP contribution < -0.4 is 0 Å². The van der Waals surface area contributed by atoms with Crippen molar-refractivity contribution in [2.24, 2.45) is 0 Å². The van der Waals surface area contributed by atoms with E-state index in [-0.39, 0.29) is 0 Å². The Morgan fingerprint density at radius 1 is 0.395 bits per heavy atom. The monoisotopic (exact) mass is 547 g/mol. The molecule has 7 aromatic carbocycles. The minimum atomic E-state index is 1.06. The highest BCUT2D eigenvalue weighted by Gasteiger charge is 2.15. The van der Waals surface area contributed by atoms with Crippen molar-refractivity contribution < 1.29 is 0 Å². The number of hydrogen-bond acceptors (Lipinski definition) is 0. The van der Waals surface area contributed by atoms with Gasteiger partial charge in [0.15, 0.2) is 0 Å². The summed E-state index contributed by atoms with van der Waals surface area (Å²) < 4.78 is 2.46. The maximum Gasteiger partial charge on any atom is 0.0538 e. The lowest BCUT2D eigenvalue weighted by molar-refractivity contribution is 0.979. The maximum absolute atomic E-state index is 2.46. The Balaban J connectivity index is 1.20. The van der Waals surface area contributed by atoms with Gasteiger partial charge in [-0.05, 0) is 104 Å². The first-order valence-corrected chi connectivity index (χ1v) is 15.2. The average molecular weight is 548 g/mol. The molecule has 0 radical (unpaired) electrons. The Kier molecular flexibility index (Phi) is 5.39. The van der Waals surface area contributed by atoms with E-state index in [1.54, 1.807) is 0 Å². The molecule has 0 N–H and O–H groups in total. The maximum atomic E-state index is 2.46. The quantitative estimate of drug-likeness (QED) is 0.194. The number of rotatable bonds is 3. The van der Waals surface area contributed by atoms with Crippen molar-refractivity contribution in [1.29, 1.82) is 0 Å². The zero-order chi connectivity index (χ0) is 28.3. The second-order valence-corrected chi connectivity index (χ2v) is 11.6. The molecule has 0 atom stereocenters. The van der Waals surface area contributed by atoms with Gasteiger partial charge >= 0.3 is 0 Å². The van der Waals surface area contributed by atoms with Gasteiger partial charge in [0.2, 0.25) is 0 Å². The van der Waals surface area contributed by atoms with E-state index in [4.69, 9.17) is 0 Å². The van der Waals surface area contributed by atoms with Crippen molar-refractivity contribution in [3.8, 4) is 22.3 Å². The molecule has 1 nitrogen and oxygen atoms in total. The smallest absolute Gasteiger partial charge is 0.0538 e. The van der Waals surface area contributed by atoms with Gasteiger partial charge in [0.25, 0.3) is 0 Å². The van der Waals surface area contributed by atoms with Crippen LogP contribution in [-0.4, -0.2) is 4.57 Å². The van der Waals surface area contributed by atoms with Crippen molar-refractivity contribution in [3.63, 3.8) is 0 Å². The molecule has 0 spiro atoms. The Hall–Kier alpha value is -5.40. The molecule has 0 amide bonds. The fourth-order valence-electron chi connectivity index (χ4n) is 7.20. The van der Waals surface area contributed by atoms with E-state index >= 15 is 0 Å². The summed E-state index contributed by atoms with van der Waals surface area (Å²) in [6.45, 7) is 0. The van der Waals surface area contributed by atoms with Gasteiger partial charge in [0.05, 0.1) is 11.0 Å². The van der Waals surface area contributed by atoms with Crippen LogP contribution in [0.4, 0.5) is 0 Å². The molecule has 202 valence electrons. The van der Waals surface area contributed by atoms with Gasteiger partial charge in [-0.3, -0.25) is 0 Å². The molecule has 9 rings (SSSR count). The van der Waals surface area contributed by atoms with Crippen molar-refractivity contribution in [2.75, 3.05) is 0 Å². The molecule has 0 saturated heterocycles. The van der Waals surface area contributed by atoms with Crippen LogP contribution in [0.15, 0.2) is 152 Å². The molecule has 0 saturated carbocycles. The van der Waals surface area contributed by atoms with Crippen LogP contribution in [0.1, 0.15) is 12.8 Å². The highest BCUT2D eigenvalue weighted by Crippen LogP contribution is 2.39. The predicted octanol–water partition coefficient (Wildman–Crippen LogP) is 11.8. The summed E-state index contributed by atoms with van der Waals surface area (Å²) in [6.07, 6.45) is 8.86. The molecule has 0 unspecified atom stereocenters. The lowest BCUT2D eigenvalue weighted by Crippen LogP contribution is -1.98. The zero-order valence-corrected chi connectivity index (χ0v) is 23.8. The van der Waals surface area contributed by atoms with Gasteiger partial charge < -0.3 is 4.57 Å². The number of aromatic nitrogens is 1. The van der Waals surface area contributed by atoms with Crippen molar-refractivity contribution in [1.82, 2.24) is 4.57 Å². The average Bonchev–Trinajstić information content (AvgIpc) is 3.42. The minimum absolute atomic E-state index is 1.06. The van der Waals surface area contributed by atoms with Crippen molar-refractivity contribution in [3.05, 3.63) is 152 Å². The van der Waals surface area contributed by atoms with Crippen LogP contribution in [0.2, 0.25) is 0 Å². The van der Waals surface area contributed by atoms with Gasteiger partial charge in [-0.25, -0.2) is 0 Å². The van der Waals surface area contributed by atoms with Crippen LogP contribution >= 0.6 is 0 Å². The number of fused-ring (bicyclic) bond motifs is 9. The summed E-state index contributed by atoms with van der Waals surface area (Å²) in [5, 5.41) is 10.5. The van der Waals surface area contributed by atoms with Crippen LogP contribution in [0, 0.1) is 0 Å². The van der Waals surface area contributed by atoms with E-state index in [2.05, 4.69) is 156 Å². The summed E-state index contributed by atoms with van der Waals surface area (Å²) >= 11 is 0. The van der Waals surface area contributed by atoms with E-state index in [1.165, 1.54) is 82.1 Å². The van der Waals surface area contributed by atoms with E-state index < -0.39 is 0 Å². The third-order valence-corrected chi connectivity index (χ3v) is 9.23. The molecular formula is C42H29N. The van der Waals surface area contributed by atoms with Gasteiger partial charge in [0, 0.05) is 16.5 Å². The second kappa shape index (κ2) is 9.58. The SMILES string of the molecule is C1=CCCC(n2c3ccccc3c3cc(-c4cccc(-c5ccc6c7ccccc7c7ccccc7c6c5)c4)ccc32)=C1. The lowest BCUT2D eigenvalue weighted by Gasteiger charge is -2.14. The molecule has 1 aliphatic carbocycles. The molecule has 0 bridgehead atoms. The Bertz CT molecular complexity index is 2420. The molecule has 43 heavy (non-hydrogen) atoms. The predicted molar refractivity (Wildman–Crippen MR) is 185 cm³/mol. The fraction of sp³-hybridized carbons (Fsp3) is 0.0476. The minimum Gasteiger partial charge on any atom is -0.313 e. The number of allylic oxidation sites excluding steroid dienone is 4. The van der Waals surface area contributed by atoms with E-state index in [1.807, 2.05) is 0 Å². The molecule has 1 heterocycles. The van der Waals surface area contributed by atoms with Gasteiger partial charge in [-0.1, -0.05) is 115 Å². The molecular weight excluding hydrogens is 518 g/mol. The van der Waals surface area contributed by atoms with Crippen molar-refractivity contribution in [2.45, 2.75) is 12.8 Å². The highest BCUT2D eigenvalue weighted by atomic mass is 15.0. The van der Waals surface area contributed by atoms with E-state index in [9.17, 15) is 0 Å².